The van der Waals surface area contributed by atoms with E-state index in [0.717, 1.165) is 6.08 Å². The van der Waals surface area contributed by atoms with E-state index in [1.807, 2.05) is 0 Å². The summed E-state index contributed by atoms with van der Waals surface area (Å²) in [6.07, 6.45) is 1.01. The number of benzene rings is 1. The van der Waals surface area contributed by atoms with Gasteiger partial charge in [-0.05, 0) is 12.1 Å². The second-order valence-corrected chi connectivity index (χ2v) is 4.87. The standard InChI is InChI=1S/C11H13NO4S/c1-3-11(13)16-9-6-5-7-10(8-9)17(14,15)12-4-2/h3,5-8,12H,1,4H2,2H3. The lowest BCUT2D eigenvalue weighted by Gasteiger charge is -2.06. The number of ether oxygens (including phenoxy) is 1. The first-order valence-electron chi connectivity index (χ1n) is 4.93. The Morgan fingerprint density at radius 1 is 1.53 bits per heavy atom. The lowest BCUT2D eigenvalue weighted by atomic mass is 10.3. The van der Waals surface area contributed by atoms with Crippen LogP contribution in [0.4, 0.5) is 0 Å². The van der Waals surface area contributed by atoms with Gasteiger partial charge in [0.05, 0.1) is 4.90 Å². The summed E-state index contributed by atoms with van der Waals surface area (Å²) in [7, 11) is -3.54. The molecule has 1 aromatic rings. The summed E-state index contributed by atoms with van der Waals surface area (Å²) in [5, 5.41) is 0. The van der Waals surface area contributed by atoms with Crippen molar-refractivity contribution in [2.75, 3.05) is 6.54 Å². The van der Waals surface area contributed by atoms with E-state index in [1.54, 1.807) is 6.92 Å². The number of carbonyl (C=O) groups is 1. The predicted molar refractivity (Wildman–Crippen MR) is 63.1 cm³/mol. The van der Waals surface area contributed by atoms with Gasteiger partial charge in [-0.1, -0.05) is 19.6 Å². The van der Waals surface area contributed by atoms with Crippen molar-refractivity contribution in [3.8, 4) is 5.75 Å². The number of hydrogen-bond donors (Lipinski definition) is 1. The van der Waals surface area contributed by atoms with Crippen molar-refractivity contribution in [2.24, 2.45) is 0 Å². The van der Waals surface area contributed by atoms with Crippen LogP contribution in [0.25, 0.3) is 0 Å². The van der Waals surface area contributed by atoms with Gasteiger partial charge in [-0.2, -0.15) is 0 Å². The molecule has 0 heterocycles. The van der Waals surface area contributed by atoms with E-state index in [9.17, 15) is 13.2 Å². The third-order valence-corrected chi connectivity index (χ3v) is 3.38. The summed E-state index contributed by atoms with van der Waals surface area (Å²) in [5.41, 5.74) is 0. The molecule has 0 atom stereocenters. The summed E-state index contributed by atoms with van der Waals surface area (Å²) in [6.45, 7) is 5.22. The molecule has 0 spiro atoms. The average Bonchev–Trinajstić information content (AvgIpc) is 2.29. The number of esters is 1. The van der Waals surface area contributed by atoms with Gasteiger partial charge in [0.25, 0.3) is 0 Å². The van der Waals surface area contributed by atoms with Crippen LogP contribution < -0.4 is 9.46 Å². The Hall–Kier alpha value is -1.66. The quantitative estimate of drug-likeness (QED) is 0.485. The Labute approximate surface area is 100 Å². The monoisotopic (exact) mass is 255 g/mol. The minimum absolute atomic E-state index is 0.0497. The van der Waals surface area contributed by atoms with Crippen molar-refractivity contribution < 1.29 is 17.9 Å². The van der Waals surface area contributed by atoms with E-state index in [-0.39, 0.29) is 10.6 Å². The molecule has 0 saturated heterocycles. The van der Waals surface area contributed by atoms with Crippen LogP contribution in [0.1, 0.15) is 6.92 Å². The molecule has 1 aromatic carbocycles. The molecule has 0 bridgehead atoms. The molecular formula is C11H13NO4S. The van der Waals surface area contributed by atoms with Crippen molar-refractivity contribution >= 4 is 16.0 Å². The summed E-state index contributed by atoms with van der Waals surface area (Å²) in [4.78, 5) is 11.0. The zero-order chi connectivity index (χ0) is 12.9. The Balaban J connectivity index is 3.01. The van der Waals surface area contributed by atoms with Crippen molar-refractivity contribution in [3.05, 3.63) is 36.9 Å². The van der Waals surface area contributed by atoms with E-state index < -0.39 is 16.0 Å². The minimum Gasteiger partial charge on any atom is -0.423 e. The fourth-order valence-electron chi connectivity index (χ4n) is 1.14. The maximum Gasteiger partial charge on any atom is 0.335 e. The highest BCUT2D eigenvalue weighted by Gasteiger charge is 2.13. The molecule has 1 rings (SSSR count). The topological polar surface area (TPSA) is 72.5 Å². The molecule has 0 unspecified atom stereocenters. The third kappa shape index (κ3) is 3.69. The maximum absolute atomic E-state index is 11.7. The first kappa shape index (κ1) is 13.4. The molecule has 0 aliphatic heterocycles. The van der Waals surface area contributed by atoms with Gasteiger partial charge < -0.3 is 4.74 Å². The minimum atomic E-state index is -3.54. The zero-order valence-electron chi connectivity index (χ0n) is 9.34. The van der Waals surface area contributed by atoms with Crippen LogP contribution in [-0.2, 0) is 14.8 Å². The van der Waals surface area contributed by atoms with Gasteiger partial charge in [-0.15, -0.1) is 0 Å². The number of carbonyl (C=O) groups excluding carboxylic acids is 1. The highest BCUT2D eigenvalue weighted by atomic mass is 32.2. The summed E-state index contributed by atoms with van der Waals surface area (Å²) in [6, 6.07) is 5.69. The second kappa shape index (κ2) is 5.60. The van der Waals surface area contributed by atoms with Crippen LogP contribution in [-0.4, -0.2) is 20.9 Å². The van der Waals surface area contributed by atoms with E-state index in [0.29, 0.717) is 6.54 Å². The first-order valence-corrected chi connectivity index (χ1v) is 6.42. The lowest BCUT2D eigenvalue weighted by molar-refractivity contribution is -0.128. The van der Waals surface area contributed by atoms with E-state index >= 15 is 0 Å². The highest BCUT2D eigenvalue weighted by molar-refractivity contribution is 7.89. The molecule has 0 amide bonds. The number of nitrogens with one attached hydrogen (secondary N) is 1. The van der Waals surface area contributed by atoms with Crippen LogP contribution in [0, 0.1) is 0 Å². The molecule has 92 valence electrons. The average molecular weight is 255 g/mol. The fourth-order valence-corrected chi connectivity index (χ4v) is 2.21. The van der Waals surface area contributed by atoms with Crippen molar-refractivity contribution in [1.82, 2.24) is 4.72 Å². The molecule has 6 heteroatoms. The summed E-state index contributed by atoms with van der Waals surface area (Å²) < 4.78 is 30.5. The van der Waals surface area contributed by atoms with Gasteiger partial charge in [0.1, 0.15) is 5.75 Å². The van der Waals surface area contributed by atoms with Crippen molar-refractivity contribution in [3.63, 3.8) is 0 Å². The van der Waals surface area contributed by atoms with Crippen LogP contribution in [0.15, 0.2) is 41.8 Å². The van der Waals surface area contributed by atoms with E-state index in [1.165, 1.54) is 24.3 Å². The number of hydrogen-bond acceptors (Lipinski definition) is 4. The maximum atomic E-state index is 11.7. The third-order valence-electron chi connectivity index (χ3n) is 1.84. The van der Waals surface area contributed by atoms with Gasteiger partial charge >= 0.3 is 5.97 Å². The Bertz CT molecular complexity index is 522. The van der Waals surface area contributed by atoms with Crippen molar-refractivity contribution in [2.45, 2.75) is 11.8 Å². The Morgan fingerprint density at radius 3 is 2.82 bits per heavy atom. The molecule has 0 saturated carbocycles. The van der Waals surface area contributed by atoms with E-state index in [4.69, 9.17) is 4.74 Å². The fraction of sp³-hybridized carbons (Fsp3) is 0.182. The van der Waals surface area contributed by atoms with Gasteiger partial charge in [-0.3, -0.25) is 0 Å². The van der Waals surface area contributed by atoms with Gasteiger partial charge in [0.15, 0.2) is 0 Å². The number of sulfonamides is 1. The van der Waals surface area contributed by atoms with Crippen molar-refractivity contribution in [1.29, 1.82) is 0 Å². The first-order chi connectivity index (χ1) is 7.99. The predicted octanol–water partition coefficient (Wildman–Crippen LogP) is 1.08. The molecule has 0 aliphatic rings. The zero-order valence-corrected chi connectivity index (χ0v) is 10.2. The summed E-state index contributed by atoms with van der Waals surface area (Å²) in [5.74, 6) is -0.475. The molecular weight excluding hydrogens is 242 g/mol. The highest BCUT2D eigenvalue weighted by Crippen LogP contribution is 2.17. The Kier molecular flexibility index (Phi) is 4.42. The molecule has 0 radical (unpaired) electrons. The molecule has 0 aromatic heterocycles. The van der Waals surface area contributed by atoms with Crippen LogP contribution in [0.3, 0.4) is 0 Å². The molecule has 0 aliphatic carbocycles. The number of rotatable bonds is 5. The molecule has 17 heavy (non-hydrogen) atoms. The molecule has 5 nitrogen and oxygen atoms in total. The lowest BCUT2D eigenvalue weighted by Crippen LogP contribution is -2.23. The second-order valence-electron chi connectivity index (χ2n) is 3.10. The van der Waals surface area contributed by atoms with Crippen LogP contribution in [0.5, 0.6) is 5.75 Å². The van der Waals surface area contributed by atoms with Crippen LogP contribution in [0.2, 0.25) is 0 Å². The summed E-state index contributed by atoms with van der Waals surface area (Å²) >= 11 is 0. The normalized spacial score (nSPS) is 10.9. The van der Waals surface area contributed by atoms with Gasteiger partial charge in [-0.25, -0.2) is 17.9 Å². The van der Waals surface area contributed by atoms with Gasteiger partial charge in [0, 0.05) is 18.7 Å². The smallest absolute Gasteiger partial charge is 0.335 e. The molecule has 1 N–H and O–H groups in total. The Morgan fingerprint density at radius 2 is 2.24 bits per heavy atom. The van der Waals surface area contributed by atoms with Gasteiger partial charge in [0.2, 0.25) is 10.0 Å². The largest absolute Gasteiger partial charge is 0.423 e. The molecule has 0 fully saturated rings. The van der Waals surface area contributed by atoms with Crippen LogP contribution >= 0.6 is 0 Å². The SMILES string of the molecule is C=CC(=O)Oc1cccc(S(=O)(=O)NCC)c1. The van der Waals surface area contributed by atoms with E-state index in [2.05, 4.69) is 11.3 Å².